The number of carbonyl (C=O) groups excluding carboxylic acids is 3. The first kappa shape index (κ1) is 17.2. The molecule has 1 aromatic carbocycles. The lowest BCUT2D eigenvalue weighted by Gasteiger charge is -2.24. The van der Waals surface area contributed by atoms with E-state index in [1.165, 1.54) is 11.8 Å². The molecule has 5 nitrogen and oxygen atoms in total. The van der Waals surface area contributed by atoms with Crippen molar-refractivity contribution < 1.29 is 19.1 Å². The van der Waals surface area contributed by atoms with Crippen LogP contribution >= 0.6 is 0 Å². The number of amides is 2. The monoisotopic (exact) mass is 317 g/mol. The van der Waals surface area contributed by atoms with Crippen LogP contribution in [-0.4, -0.2) is 35.3 Å². The second kappa shape index (κ2) is 7.90. The molecule has 0 saturated carbocycles. The fourth-order valence-corrected chi connectivity index (χ4v) is 2.84. The van der Waals surface area contributed by atoms with Crippen LogP contribution in [0.25, 0.3) is 0 Å². The maximum Gasteiger partial charge on any atom is 0.416 e. The van der Waals surface area contributed by atoms with Gasteiger partial charge < -0.3 is 9.53 Å². The molecule has 1 aliphatic heterocycles. The topological polar surface area (TPSA) is 63.7 Å². The number of Topliss-reactive ketones (excluding diaryl/α,β-unsaturated/α-hetero) is 1. The highest BCUT2D eigenvalue weighted by Gasteiger charge is 2.40. The third-order valence-electron chi connectivity index (χ3n) is 4.20. The zero-order valence-electron chi connectivity index (χ0n) is 13.7. The number of nitrogens with zero attached hydrogens (tertiary/aromatic N) is 1. The molecule has 0 aromatic heterocycles. The Bertz CT molecular complexity index is 570. The van der Waals surface area contributed by atoms with Gasteiger partial charge in [0.1, 0.15) is 12.4 Å². The van der Waals surface area contributed by atoms with E-state index in [1.807, 2.05) is 37.3 Å². The van der Waals surface area contributed by atoms with E-state index >= 15 is 0 Å². The maximum atomic E-state index is 12.7. The minimum atomic E-state index is -0.572. The highest BCUT2D eigenvalue weighted by Crippen LogP contribution is 2.23. The second-order valence-electron chi connectivity index (χ2n) is 5.97. The van der Waals surface area contributed by atoms with E-state index in [1.54, 1.807) is 0 Å². The molecular formula is C18H23NO4. The Balaban J connectivity index is 2.08. The zero-order valence-corrected chi connectivity index (χ0v) is 13.7. The van der Waals surface area contributed by atoms with Gasteiger partial charge in [0.25, 0.3) is 0 Å². The molecule has 1 unspecified atom stereocenters. The second-order valence-corrected chi connectivity index (χ2v) is 5.97. The Morgan fingerprint density at radius 2 is 2.00 bits per heavy atom. The normalized spacial score (nSPS) is 18.6. The fraction of sp³-hybridized carbons (Fsp3) is 0.500. The number of rotatable bonds is 7. The summed E-state index contributed by atoms with van der Waals surface area (Å²) in [5, 5.41) is 0. The first-order valence-corrected chi connectivity index (χ1v) is 8.06. The minimum Gasteiger partial charge on any atom is -0.447 e. The van der Waals surface area contributed by atoms with Crippen molar-refractivity contribution in [1.29, 1.82) is 0 Å². The van der Waals surface area contributed by atoms with Gasteiger partial charge in [0.2, 0.25) is 5.91 Å². The van der Waals surface area contributed by atoms with Gasteiger partial charge in [0.15, 0.2) is 0 Å². The van der Waals surface area contributed by atoms with Crippen LogP contribution in [0.3, 0.4) is 0 Å². The number of hydrogen-bond donors (Lipinski definition) is 0. The molecule has 2 atom stereocenters. The lowest BCUT2D eigenvalue weighted by molar-refractivity contribution is -0.133. The molecule has 1 aliphatic rings. The van der Waals surface area contributed by atoms with Crippen LogP contribution in [0.1, 0.15) is 38.7 Å². The Labute approximate surface area is 136 Å². The number of imide groups is 1. The van der Waals surface area contributed by atoms with Gasteiger partial charge in [-0.2, -0.15) is 0 Å². The van der Waals surface area contributed by atoms with E-state index < -0.39 is 6.09 Å². The molecule has 0 radical (unpaired) electrons. The van der Waals surface area contributed by atoms with Crippen LogP contribution < -0.4 is 0 Å². The van der Waals surface area contributed by atoms with Crippen molar-refractivity contribution in [2.45, 2.75) is 45.6 Å². The first-order chi connectivity index (χ1) is 11.0. The fourth-order valence-electron chi connectivity index (χ4n) is 2.84. The summed E-state index contributed by atoms with van der Waals surface area (Å²) in [6.07, 6.45) is 1.45. The standard InChI is InChI=1S/C18H23NO4/c1-3-15(10-9-13(2)20)17(21)19-16(12-23-18(19)22)11-14-7-5-4-6-8-14/h4-8,15-16H,3,9-12H2,1-2H3/t15-,16?/m0/s1. The molecule has 0 aliphatic carbocycles. The summed E-state index contributed by atoms with van der Waals surface area (Å²) in [5.41, 5.74) is 1.06. The predicted molar refractivity (Wildman–Crippen MR) is 85.8 cm³/mol. The number of carbonyl (C=O) groups is 3. The summed E-state index contributed by atoms with van der Waals surface area (Å²) in [5.74, 6) is -0.485. The Kier molecular flexibility index (Phi) is 5.90. The molecule has 5 heteroatoms. The summed E-state index contributed by atoms with van der Waals surface area (Å²) >= 11 is 0. The summed E-state index contributed by atoms with van der Waals surface area (Å²) in [4.78, 5) is 37.1. The van der Waals surface area contributed by atoms with Crippen molar-refractivity contribution in [3.05, 3.63) is 35.9 Å². The van der Waals surface area contributed by atoms with Crippen LogP contribution in [0.2, 0.25) is 0 Å². The molecular weight excluding hydrogens is 294 g/mol. The molecule has 1 saturated heterocycles. The van der Waals surface area contributed by atoms with Crippen molar-refractivity contribution in [3.63, 3.8) is 0 Å². The van der Waals surface area contributed by atoms with Crippen molar-refractivity contribution in [1.82, 2.24) is 4.90 Å². The van der Waals surface area contributed by atoms with Crippen LogP contribution in [0.15, 0.2) is 30.3 Å². The van der Waals surface area contributed by atoms with Crippen molar-refractivity contribution >= 4 is 17.8 Å². The van der Waals surface area contributed by atoms with E-state index in [2.05, 4.69) is 0 Å². The highest BCUT2D eigenvalue weighted by molar-refractivity contribution is 5.95. The van der Waals surface area contributed by atoms with Gasteiger partial charge in [0, 0.05) is 12.3 Å². The van der Waals surface area contributed by atoms with Gasteiger partial charge in [-0.15, -0.1) is 0 Å². The average Bonchev–Trinajstić information content (AvgIpc) is 2.89. The molecule has 0 N–H and O–H groups in total. The molecule has 2 amide bonds. The number of ether oxygens (including phenoxy) is 1. The third-order valence-corrected chi connectivity index (χ3v) is 4.20. The summed E-state index contributed by atoms with van der Waals surface area (Å²) < 4.78 is 5.09. The quantitative estimate of drug-likeness (QED) is 0.775. The molecule has 2 rings (SSSR count). The number of benzene rings is 1. The highest BCUT2D eigenvalue weighted by atomic mass is 16.6. The lowest BCUT2D eigenvalue weighted by atomic mass is 9.96. The molecule has 0 bridgehead atoms. The predicted octanol–water partition coefficient (Wildman–Crippen LogP) is 2.97. The number of ketones is 1. The van der Waals surface area contributed by atoms with Crippen LogP contribution in [0, 0.1) is 5.92 Å². The smallest absolute Gasteiger partial charge is 0.416 e. The van der Waals surface area contributed by atoms with Crippen LogP contribution in [-0.2, 0) is 20.7 Å². The van der Waals surface area contributed by atoms with E-state index in [-0.39, 0.29) is 30.3 Å². The van der Waals surface area contributed by atoms with E-state index in [4.69, 9.17) is 4.74 Å². The lowest BCUT2D eigenvalue weighted by Crippen LogP contribution is -2.43. The SMILES string of the molecule is CC[C@@H](CCC(C)=O)C(=O)N1C(=O)OCC1Cc1ccccc1. The van der Waals surface area contributed by atoms with Gasteiger partial charge in [-0.1, -0.05) is 37.3 Å². The van der Waals surface area contributed by atoms with Gasteiger partial charge in [0.05, 0.1) is 6.04 Å². The number of hydrogen-bond acceptors (Lipinski definition) is 4. The molecule has 1 fully saturated rings. The van der Waals surface area contributed by atoms with E-state index in [9.17, 15) is 14.4 Å². The molecule has 124 valence electrons. The minimum absolute atomic E-state index is 0.0566. The van der Waals surface area contributed by atoms with Gasteiger partial charge >= 0.3 is 6.09 Å². The average molecular weight is 317 g/mol. The van der Waals surface area contributed by atoms with Crippen LogP contribution in [0.4, 0.5) is 4.79 Å². The Morgan fingerprint density at radius 3 is 2.61 bits per heavy atom. The van der Waals surface area contributed by atoms with Crippen molar-refractivity contribution in [3.8, 4) is 0 Å². The van der Waals surface area contributed by atoms with Crippen molar-refractivity contribution in [2.24, 2.45) is 5.92 Å². The van der Waals surface area contributed by atoms with Gasteiger partial charge in [-0.3, -0.25) is 4.79 Å². The van der Waals surface area contributed by atoms with Crippen molar-refractivity contribution in [2.75, 3.05) is 6.61 Å². The van der Waals surface area contributed by atoms with E-state index in [0.29, 0.717) is 25.7 Å². The molecule has 23 heavy (non-hydrogen) atoms. The maximum absolute atomic E-state index is 12.7. The molecule has 1 aromatic rings. The first-order valence-electron chi connectivity index (χ1n) is 8.06. The summed E-state index contributed by atoms with van der Waals surface area (Å²) in [6.45, 7) is 3.64. The van der Waals surface area contributed by atoms with Crippen LogP contribution in [0.5, 0.6) is 0 Å². The zero-order chi connectivity index (χ0) is 16.8. The Morgan fingerprint density at radius 1 is 1.30 bits per heavy atom. The third kappa shape index (κ3) is 4.41. The molecule has 0 spiro atoms. The van der Waals surface area contributed by atoms with E-state index in [0.717, 1.165) is 5.56 Å². The number of cyclic esters (lactones) is 1. The largest absolute Gasteiger partial charge is 0.447 e. The van der Waals surface area contributed by atoms with Gasteiger partial charge in [-0.25, -0.2) is 9.69 Å². The van der Waals surface area contributed by atoms with Gasteiger partial charge in [-0.05, 0) is 31.7 Å². The summed E-state index contributed by atoms with van der Waals surface area (Å²) in [6, 6.07) is 9.46. The molecule has 1 heterocycles. The Hall–Kier alpha value is -2.17. The summed E-state index contributed by atoms with van der Waals surface area (Å²) in [7, 11) is 0.